The number of aromatic nitrogens is 1. The number of hydrogen-bond donors (Lipinski definition) is 1. The summed E-state index contributed by atoms with van der Waals surface area (Å²) in [5.41, 5.74) is 1.94. The van der Waals surface area contributed by atoms with E-state index in [-0.39, 0.29) is 37.4 Å². The number of hydrogen-bond acceptors (Lipinski definition) is 3. The van der Waals surface area contributed by atoms with E-state index >= 15 is 0 Å². The molecule has 198 valence electrons. The number of halogens is 3. The molecule has 4 aromatic rings. The van der Waals surface area contributed by atoms with E-state index in [0.29, 0.717) is 18.5 Å². The number of thiophene rings is 1. The molecule has 1 saturated carbocycles. The Bertz CT molecular complexity index is 1390. The summed E-state index contributed by atoms with van der Waals surface area (Å²) in [5, 5.41) is 2.99. The van der Waals surface area contributed by atoms with Crippen LogP contribution in [0.25, 0.3) is 10.9 Å². The maximum atomic E-state index is 13.6. The van der Waals surface area contributed by atoms with Gasteiger partial charge in [-0.3, -0.25) is 9.59 Å². The molecule has 2 heterocycles. The van der Waals surface area contributed by atoms with Crippen molar-refractivity contribution in [2.75, 3.05) is 13.1 Å². The first-order chi connectivity index (χ1) is 18.3. The Morgan fingerprint density at radius 1 is 0.974 bits per heavy atom. The lowest BCUT2D eigenvalue weighted by Crippen LogP contribution is -2.44. The summed E-state index contributed by atoms with van der Waals surface area (Å²) in [6, 6.07) is 16.7. The van der Waals surface area contributed by atoms with E-state index < -0.39 is 11.7 Å². The van der Waals surface area contributed by atoms with Gasteiger partial charge >= 0.3 is 6.18 Å². The van der Waals surface area contributed by atoms with E-state index in [4.69, 9.17) is 0 Å². The SMILES string of the molecule is O=C(CN(C(=O)Cc1cccs1)C1CC1)N(CCc1c[nH]c2ccccc12)Cc1ccc(C(F)(F)F)cc1. The third-order valence-electron chi connectivity index (χ3n) is 6.85. The lowest BCUT2D eigenvalue weighted by atomic mass is 10.1. The predicted molar refractivity (Wildman–Crippen MR) is 142 cm³/mol. The molecule has 1 fully saturated rings. The van der Waals surface area contributed by atoms with E-state index in [9.17, 15) is 22.8 Å². The van der Waals surface area contributed by atoms with Crippen LogP contribution in [0.1, 0.15) is 34.4 Å². The first-order valence-corrected chi connectivity index (χ1v) is 13.5. The lowest BCUT2D eigenvalue weighted by molar-refractivity contribution is -0.141. The van der Waals surface area contributed by atoms with E-state index in [0.717, 1.165) is 46.3 Å². The first kappa shape index (κ1) is 26.0. The third-order valence-corrected chi connectivity index (χ3v) is 7.73. The minimum Gasteiger partial charge on any atom is -0.361 e. The molecule has 0 unspecified atom stereocenters. The van der Waals surface area contributed by atoms with Gasteiger partial charge in [0.25, 0.3) is 0 Å². The van der Waals surface area contributed by atoms with Crippen molar-refractivity contribution in [2.24, 2.45) is 0 Å². The zero-order chi connectivity index (χ0) is 26.7. The molecule has 1 N–H and O–H groups in total. The topological polar surface area (TPSA) is 56.4 Å². The van der Waals surface area contributed by atoms with Crippen molar-refractivity contribution in [1.29, 1.82) is 0 Å². The number of aromatic amines is 1. The lowest BCUT2D eigenvalue weighted by Gasteiger charge is -2.28. The van der Waals surface area contributed by atoms with E-state index in [1.807, 2.05) is 48.0 Å². The summed E-state index contributed by atoms with van der Waals surface area (Å²) in [7, 11) is 0. The van der Waals surface area contributed by atoms with Crippen LogP contribution in [0.4, 0.5) is 13.2 Å². The van der Waals surface area contributed by atoms with Crippen molar-refractivity contribution in [3.8, 4) is 0 Å². The van der Waals surface area contributed by atoms with Gasteiger partial charge in [-0.1, -0.05) is 36.4 Å². The molecule has 0 radical (unpaired) electrons. The van der Waals surface area contributed by atoms with E-state index in [1.54, 1.807) is 9.80 Å². The number of nitrogens with zero attached hydrogens (tertiary/aromatic N) is 2. The summed E-state index contributed by atoms with van der Waals surface area (Å²) >= 11 is 1.51. The van der Waals surface area contributed by atoms with Crippen molar-refractivity contribution in [3.05, 3.63) is 93.8 Å². The molecule has 0 atom stereocenters. The maximum absolute atomic E-state index is 13.6. The molecule has 1 aliphatic rings. The molecule has 1 aliphatic carbocycles. The summed E-state index contributed by atoms with van der Waals surface area (Å²) in [4.78, 5) is 34.2. The largest absolute Gasteiger partial charge is 0.416 e. The Kier molecular flexibility index (Phi) is 7.56. The van der Waals surface area contributed by atoms with Crippen molar-refractivity contribution in [1.82, 2.24) is 14.8 Å². The average molecular weight is 540 g/mol. The molecule has 0 spiro atoms. The zero-order valence-corrected chi connectivity index (χ0v) is 21.5. The molecule has 5 nitrogen and oxygen atoms in total. The van der Waals surface area contributed by atoms with Gasteiger partial charge < -0.3 is 14.8 Å². The number of benzene rings is 2. The molecule has 0 aliphatic heterocycles. The molecular weight excluding hydrogens is 511 g/mol. The van der Waals surface area contributed by atoms with Gasteiger partial charge in [0, 0.05) is 41.1 Å². The van der Waals surface area contributed by atoms with Gasteiger partial charge in [0.2, 0.25) is 11.8 Å². The molecule has 2 amide bonds. The number of para-hydroxylation sites is 1. The standard InChI is InChI=1S/C29H28F3N3O2S/c30-29(31,32)22-9-7-20(8-10-22)18-34(14-13-21-17-33-26-6-2-1-5-25(21)26)28(37)19-35(23-11-12-23)27(36)16-24-4-3-15-38-24/h1-10,15,17,23,33H,11-14,16,18-19H2. The minimum atomic E-state index is -4.42. The predicted octanol–water partition coefficient (Wildman–Crippen LogP) is 6.05. The van der Waals surface area contributed by atoms with Crippen molar-refractivity contribution in [2.45, 2.75) is 44.4 Å². The number of fused-ring (bicyclic) bond motifs is 1. The highest BCUT2D eigenvalue weighted by molar-refractivity contribution is 7.10. The van der Waals surface area contributed by atoms with Gasteiger partial charge in [-0.2, -0.15) is 13.2 Å². The highest BCUT2D eigenvalue weighted by Gasteiger charge is 2.35. The van der Waals surface area contributed by atoms with Crippen LogP contribution in [0, 0.1) is 0 Å². The summed E-state index contributed by atoms with van der Waals surface area (Å²) in [5.74, 6) is -0.287. The second-order valence-electron chi connectivity index (χ2n) is 9.63. The first-order valence-electron chi connectivity index (χ1n) is 12.6. The zero-order valence-electron chi connectivity index (χ0n) is 20.7. The summed E-state index contributed by atoms with van der Waals surface area (Å²) in [6.07, 6.45) is 0.0810. The monoisotopic (exact) mass is 539 g/mol. The average Bonchev–Trinajstić information content (AvgIpc) is 3.45. The Labute approximate surface area is 222 Å². The van der Waals surface area contributed by atoms with Crippen LogP contribution >= 0.6 is 11.3 Å². The Morgan fingerprint density at radius 2 is 1.74 bits per heavy atom. The minimum absolute atomic E-state index is 0.0383. The fourth-order valence-electron chi connectivity index (χ4n) is 4.62. The molecule has 2 aromatic heterocycles. The number of amides is 2. The fraction of sp³-hybridized carbons (Fsp3) is 0.310. The highest BCUT2D eigenvalue weighted by Crippen LogP contribution is 2.30. The molecular formula is C29H28F3N3O2S. The second-order valence-corrected chi connectivity index (χ2v) is 10.7. The second kappa shape index (κ2) is 11.0. The molecule has 2 aromatic carbocycles. The van der Waals surface area contributed by atoms with Crippen molar-refractivity contribution < 1.29 is 22.8 Å². The van der Waals surface area contributed by atoms with Gasteiger partial charge in [0.1, 0.15) is 6.54 Å². The Balaban J connectivity index is 1.33. The number of carbonyl (C=O) groups excluding carboxylic acids is 2. The molecule has 5 rings (SSSR count). The number of alkyl halides is 3. The fourth-order valence-corrected chi connectivity index (χ4v) is 5.32. The molecule has 38 heavy (non-hydrogen) atoms. The van der Waals surface area contributed by atoms with Crippen LogP contribution in [0.3, 0.4) is 0 Å². The van der Waals surface area contributed by atoms with E-state index in [2.05, 4.69) is 4.98 Å². The van der Waals surface area contributed by atoms with Gasteiger partial charge in [-0.05, 0) is 60.0 Å². The van der Waals surface area contributed by atoms with Crippen LogP contribution in [0.2, 0.25) is 0 Å². The van der Waals surface area contributed by atoms with E-state index in [1.165, 1.54) is 23.5 Å². The number of carbonyl (C=O) groups is 2. The van der Waals surface area contributed by atoms with Crippen LogP contribution in [-0.4, -0.2) is 45.7 Å². The van der Waals surface area contributed by atoms with Crippen LogP contribution in [0.15, 0.2) is 72.2 Å². The molecule has 0 saturated heterocycles. The summed E-state index contributed by atoms with van der Waals surface area (Å²) in [6.45, 7) is 0.500. The van der Waals surface area contributed by atoms with Gasteiger partial charge in [-0.15, -0.1) is 11.3 Å². The van der Waals surface area contributed by atoms with Crippen molar-refractivity contribution in [3.63, 3.8) is 0 Å². The Hall–Kier alpha value is -3.59. The van der Waals surface area contributed by atoms with Crippen LogP contribution in [-0.2, 0) is 35.2 Å². The number of nitrogens with one attached hydrogen (secondary N) is 1. The number of H-pyrrole nitrogens is 1. The highest BCUT2D eigenvalue weighted by atomic mass is 32.1. The summed E-state index contributed by atoms with van der Waals surface area (Å²) < 4.78 is 39.1. The van der Waals surface area contributed by atoms with Gasteiger partial charge in [0.05, 0.1) is 12.0 Å². The Morgan fingerprint density at radius 3 is 2.42 bits per heavy atom. The smallest absolute Gasteiger partial charge is 0.361 e. The molecule has 9 heteroatoms. The van der Waals surface area contributed by atoms with Crippen LogP contribution < -0.4 is 0 Å². The molecule has 0 bridgehead atoms. The van der Waals surface area contributed by atoms with Gasteiger partial charge in [0.15, 0.2) is 0 Å². The van der Waals surface area contributed by atoms with Crippen LogP contribution in [0.5, 0.6) is 0 Å². The van der Waals surface area contributed by atoms with Gasteiger partial charge in [-0.25, -0.2) is 0 Å². The normalized spacial score (nSPS) is 13.6. The quantitative estimate of drug-likeness (QED) is 0.267. The third kappa shape index (κ3) is 6.27. The number of rotatable bonds is 10. The maximum Gasteiger partial charge on any atom is 0.416 e. The van der Waals surface area contributed by atoms with Crippen molar-refractivity contribution >= 4 is 34.1 Å².